The van der Waals surface area contributed by atoms with Crippen LogP contribution in [-0.2, 0) is 0 Å². The van der Waals surface area contributed by atoms with Crippen molar-refractivity contribution in [3.8, 4) is 0 Å². The van der Waals surface area contributed by atoms with Crippen molar-refractivity contribution in [1.29, 1.82) is 0 Å². The van der Waals surface area contributed by atoms with E-state index in [1.165, 1.54) is 126 Å². The van der Waals surface area contributed by atoms with Crippen LogP contribution in [-0.4, -0.2) is 55.8 Å². The number of hydrogen-bond donors (Lipinski definition) is 1. The maximum absolute atomic E-state index is 3.47. The van der Waals surface area contributed by atoms with E-state index in [1.54, 1.807) is 0 Å². The Kier molecular flexibility index (Phi) is 14.4. The van der Waals surface area contributed by atoms with E-state index in [-0.39, 0.29) is 0 Å². The van der Waals surface area contributed by atoms with Gasteiger partial charge in [0.15, 0.2) is 0 Å². The molecule has 0 aromatic carbocycles. The summed E-state index contributed by atoms with van der Waals surface area (Å²) in [6.45, 7) is 8.72. The molecule has 0 unspecified atom stereocenters. The average molecular weight is 358 g/mol. The molecule has 1 rings (SSSR count). The zero-order chi connectivity index (χ0) is 17.3. The Morgan fingerprint density at radius 1 is 0.708 bits per heavy atom. The molecule has 1 aliphatic heterocycles. The van der Waals surface area contributed by atoms with Gasteiger partial charge in [0.1, 0.15) is 0 Å². The van der Waals surface area contributed by atoms with Crippen molar-refractivity contribution in [2.75, 3.05) is 51.3 Å². The number of hydrogen-bond acceptors (Lipinski definition) is 2. The summed E-state index contributed by atoms with van der Waals surface area (Å²) in [7, 11) is 2.44. The quantitative estimate of drug-likeness (QED) is 0.290. The summed E-state index contributed by atoms with van der Waals surface area (Å²) in [5, 5.41) is 3.47. The number of rotatable bonds is 16. The Balaban J connectivity index is 1.73. The standard InChI is InChI=1S/C21H45N2S/c1-3-4-5-6-7-8-9-10-11-12-13-14-20-24-21-19-23(2)17-15-22-16-18-23/h22H,3-21H2,1-2H3/q+1. The van der Waals surface area contributed by atoms with Crippen molar-refractivity contribution in [1.82, 2.24) is 5.32 Å². The first kappa shape index (κ1) is 22.3. The Morgan fingerprint density at radius 3 is 1.75 bits per heavy atom. The highest BCUT2D eigenvalue weighted by Crippen LogP contribution is 2.14. The van der Waals surface area contributed by atoms with Crippen LogP contribution in [0.3, 0.4) is 0 Å². The second-order valence-corrected chi connectivity index (χ2v) is 9.27. The van der Waals surface area contributed by atoms with Gasteiger partial charge < -0.3 is 9.80 Å². The fourth-order valence-electron chi connectivity index (χ4n) is 3.59. The molecule has 0 radical (unpaired) electrons. The van der Waals surface area contributed by atoms with Crippen LogP contribution >= 0.6 is 11.8 Å². The molecule has 2 nitrogen and oxygen atoms in total. The van der Waals surface area contributed by atoms with Gasteiger partial charge in [0, 0.05) is 18.8 Å². The van der Waals surface area contributed by atoms with Gasteiger partial charge in [0.25, 0.3) is 0 Å². The monoisotopic (exact) mass is 357 g/mol. The fraction of sp³-hybridized carbons (Fsp3) is 1.00. The third-order valence-electron chi connectivity index (χ3n) is 5.57. The van der Waals surface area contributed by atoms with E-state index in [0.29, 0.717) is 0 Å². The Bertz CT molecular complexity index is 265. The van der Waals surface area contributed by atoms with Crippen LogP contribution in [0.5, 0.6) is 0 Å². The first-order chi connectivity index (χ1) is 11.8. The van der Waals surface area contributed by atoms with Crippen molar-refractivity contribution in [2.45, 2.75) is 84.0 Å². The van der Waals surface area contributed by atoms with Gasteiger partial charge in [-0.05, 0) is 12.2 Å². The number of piperazine rings is 1. The maximum Gasteiger partial charge on any atom is 0.0912 e. The minimum absolute atomic E-state index is 1.21. The fourth-order valence-corrected chi connectivity index (χ4v) is 4.77. The molecule has 0 aromatic heterocycles. The molecule has 0 spiro atoms. The van der Waals surface area contributed by atoms with Gasteiger partial charge in [-0.1, -0.05) is 77.6 Å². The molecule has 0 saturated carbocycles. The number of likely N-dealkylation sites (N-methyl/N-ethyl adjacent to an activating group) is 1. The summed E-state index contributed by atoms with van der Waals surface area (Å²) in [4.78, 5) is 0. The minimum atomic E-state index is 1.21. The molecule has 0 bridgehead atoms. The van der Waals surface area contributed by atoms with Crippen LogP contribution in [0.2, 0.25) is 0 Å². The van der Waals surface area contributed by atoms with Crippen molar-refractivity contribution in [2.24, 2.45) is 0 Å². The van der Waals surface area contributed by atoms with Gasteiger partial charge in [0.05, 0.1) is 26.7 Å². The second kappa shape index (κ2) is 15.5. The highest BCUT2D eigenvalue weighted by molar-refractivity contribution is 7.99. The predicted octanol–water partition coefficient (Wildman–Crippen LogP) is 5.47. The van der Waals surface area contributed by atoms with E-state index in [2.05, 4.69) is 31.1 Å². The van der Waals surface area contributed by atoms with E-state index in [0.717, 1.165) is 0 Å². The Labute approximate surface area is 157 Å². The minimum Gasteiger partial charge on any atom is -0.323 e. The smallest absolute Gasteiger partial charge is 0.0912 e. The average Bonchev–Trinajstić information content (AvgIpc) is 2.59. The molecule has 0 aliphatic carbocycles. The Hall–Kier alpha value is 0.270. The van der Waals surface area contributed by atoms with Crippen LogP contribution in [0.25, 0.3) is 0 Å². The van der Waals surface area contributed by atoms with Crippen molar-refractivity contribution in [3.63, 3.8) is 0 Å². The summed E-state index contributed by atoms with van der Waals surface area (Å²) < 4.78 is 1.29. The lowest BCUT2D eigenvalue weighted by Gasteiger charge is -2.38. The van der Waals surface area contributed by atoms with Crippen LogP contribution in [0.1, 0.15) is 84.0 Å². The molecule has 1 N–H and O–H groups in total. The molecule has 1 heterocycles. The van der Waals surface area contributed by atoms with Gasteiger partial charge in [0.2, 0.25) is 0 Å². The summed E-state index contributed by atoms with van der Waals surface area (Å²) in [6, 6.07) is 0. The molecule has 0 atom stereocenters. The molecule has 3 heteroatoms. The first-order valence-electron chi connectivity index (χ1n) is 10.9. The number of unbranched alkanes of at least 4 members (excludes halogenated alkanes) is 11. The second-order valence-electron chi connectivity index (χ2n) is 8.04. The first-order valence-corrected chi connectivity index (χ1v) is 12.0. The van der Waals surface area contributed by atoms with E-state index in [4.69, 9.17) is 0 Å². The number of nitrogens with one attached hydrogen (secondary N) is 1. The van der Waals surface area contributed by atoms with Crippen LogP contribution in [0.4, 0.5) is 0 Å². The summed E-state index contributed by atoms with van der Waals surface area (Å²) in [6.07, 6.45) is 17.5. The summed E-state index contributed by atoms with van der Waals surface area (Å²) >= 11 is 2.19. The number of quaternary nitrogens is 1. The number of thioether (sulfide) groups is 1. The highest BCUT2D eigenvalue weighted by Gasteiger charge is 2.23. The topological polar surface area (TPSA) is 12.0 Å². The SMILES string of the molecule is CCCCCCCCCCCCCCSCC[N+]1(C)CCNCC1. The number of nitrogens with zero attached hydrogens (tertiary/aromatic N) is 1. The summed E-state index contributed by atoms with van der Waals surface area (Å²) in [5.74, 6) is 2.74. The van der Waals surface area contributed by atoms with E-state index in [9.17, 15) is 0 Å². The third-order valence-corrected chi connectivity index (χ3v) is 6.62. The van der Waals surface area contributed by atoms with E-state index in [1.807, 2.05) is 0 Å². The molecule has 0 amide bonds. The zero-order valence-electron chi connectivity index (χ0n) is 16.8. The summed E-state index contributed by atoms with van der Waals surface area (Å²) in [5.41, 5.74) is 0. The van der Waals surface area contributed by atoms with Crippen LogP contribution in [0.15, 0.2) is 0 Å². The van der Waals surface area contributed by atoms with Crippen LogP contribution in [0, 0.1) is 0 Å². The maximum atomic E-state index is 3.47. The van der Waals surface area contributed by atoms with E-state index < -0.39 is 0 Å². The lowest BCUT2D eigenvalue weighted by atomic mass is 10.1. The predicted molar refractivity (Wildman–Crippen MR) is 112 cm³/mol. The van der Waals surface area contributed by atoms with Crippen molar-refractivity contribution < 1.29 is 4.48 Å². The van der Waals surface area contributed by atoms with Gasteiger partial charge >= 0.3 is 0 Å². The molecular formula is C21H45N2S+. The molecule has 0 aromatic rings. The highest BCUT2D eigenvalue weighted by atomic mass is 32.2. The largest absolute Gasteiger partial charge is 0.323 e. The lowest BCUT2D eigenvalue weighted by Crippen LogP contribution is -2.56. The molecule has 1 aliphatic rings. The normalized spacial score (nSPS) is 17.2. The zero-order valence-corrected chi connectivity index (χ0v) is 17.6. The van der Waals surface area contributed by atoms with Crippen molar-refractivity contribution in [3.05, 3.63) is 0 Å². The third kappa shape index (κ3) is 12.6. The molecule has 1 saturated heterocycles. The van der Waals surface area contributed by atoms with Crippen molar-refractivity contribution >= 4 is 11.8 Å². The molecular weight excluding hydrogens is 312 g/mol. The molecule has 144 valence electrons. The van der Waals surface area contributed by atoms with E-state index >= 15 is 0 Å². The Morgan fingerprint density at radius 2 is 1.21 bits per heavy atom. The van der Waals surface area contributed by atoms with Gasteiger partial charge in [-0.25, -0.2) is 0 Å². The molecule has 24 heavy (non-hydrogen) atoms. The van der Waals surface area contributed by atoms with Gasteiger partial charge in [-0.3, -0.25) is 0 Å². The molecule has 1 fully saturated rings. The lowest BCUT2D eigenvalue weighted by molar-refractivity contribution is -0.908. The van der Waals surface area contributed by atoms with Gasteiger partial charge in [-0.2, -0.15) is 11.8 Å². The van der Waals surface area contributed by atoms with Crippen LogP contribution < -0.4 is 5.32 Å². The van der Waals surface area contributed by atoms with Gasteiger partial charge in [-0.15, -0.1) is 0 Å².